The second-order valence-corrected chi connectivity index (χ2v) is 9.72. The van der Waals surface area contributed by atoms with Gasteiger partial charge in [-0.05, 0) is 51.4 Å². The summed E-state index contributed by atoms with van der Waals surface area (Å²) in [5.41, 5.74) is 2.67. The standard InChI is InChI=1S/C25H30ClN7O2/c1-16(2)33-14-18(12-28-33)23-20(26)13-27-25(30-23)29-21-7-6-17(11-22(21)35-3)24(34)32-10-9-31-8-4-5-19(31)15-32/h6-7,11-14,16,19H,4-5,8-10,15H2,1-3H3,(H,27,29,30). The van der Waals surface area contributed by atoms with E-state index in [-0.39, 0.29) is 11.9 Å². The number of benzene rings is 1. The molecule has 1 amide bonds. The Hall–Kier alpha value is -3.17. The molecule has 2 saturated heterocycles. The lowest BCUT2D eigenvalue weighted by Gasteiger charge is -2.37. The molecule has 2 fully saturated rings. The Morgan fingerprint density at radius 1 is 1.23 bits per heavy atom. The van der Waals surface area contributed by atoms with E-state index in [0.717, 1.165) is 38.2 Å². The lowest BCUT2D eigenvalue weighted by molar-refractivity contribution is 0.0571. The summed E-state index contributed by atoms with van der Waals surface area (Å²) in [5, 5.41) is 8.02. The van der Waals surface area contributed by atoms with Gasteiger partial charge >= 0.3 is 0 Å². The molecule has 2 aromatic heterocycles. The zero-order chi connectivity index (χ0) is 24.5. The molecule has 9 nitrogen and oxygen atoms in total. The minimum absolute atomic E-state index is 0.0357. The summed E-state index contributed by atoms with van der Waals surface area (Å²) in [7, 11) is 1.58. The fraction of sp³-hybridized carbons (Fsp3) is 0.440. The van der Waals surface area contributed by atoms with Crippen LogP contribution in [0.25, 0.3) is 11.3 Å². The Labute approximate surface area is 210 Å². The average Bonchev–Trinajstić information content (AvgIpc) is 3.54. The van der Waals surface area contributed by atoms with Gasteiger partial charge in [0.05, 0.1) is 35.9 Å². The van der Waals surface area contributed by atoms with Gasteiger partial charge in [0.2, 0.25) is 5.95 Å². The summed E-state index contributed by atoms with van der Waals surface area (Å²) in [6.45, 7) is 7.75. The topological polar surface area (TPSA) is 88.4 Å². The largest absolute Gasteiger partial charge is 0.495 e. The molecule has 1 unspecified atom stereocenters. The third kappa shape index (κ3) is 4.83. The van der Waals surface area contributed by atoms with Crippen LogP contribution in [-0.2, 0) is 0 Å². The first-order valence-corrected chi connectivity index (χ1v) is 12.4. The number of amides is 1. The SMILES string of the molecule is COc1cc(C(=O)N2CCN3CCCC3C2)ccc1Nc1ncc(Cl)c(-c2cnn(C(C)C)c2)n1. The molecule has 0 bridgehead atoms. The normalized spacial score (nSPS) is 18.1. The number of hydrogen-bond donors (Lipinski definition) is 1. The monoisotopic (exact) mass is 495 g/mol. The van der Waals surface area contributed by atoms with Crippen LogP contribution in [0.5, 0.6) is 5.75 Å². The number of carbonyl (C=O) groups excluding carboxylic acids is 1. The maximum Gasteiger partial charge on any atom is 0.254 e. The molecular weight excluding hydrogens is 466 g/mol. The lowest BCUT2D eigenvalue weighted by atomic mass is 10.1. The average molecular weight is 496 g/mol. The van der Waals surface area contributed by atoms with Crippen molar-refractivity contribution in [1.82, 2.24) is 29.5 Å². The first kappa shape index (κ1) is 23.6. The summed E-state index contributed by atoms with van der Waals surface area (Å²) in [6, 6.07) is 6.13. The number of nitrogens with zero attached hydrogens (tertiary/aromatic N) is 6. The van der Waals surface area contributed by atoms with Crippen molar-refractivity contribution in [3.8, 4) is 17.0 Å². The smallest absolute Gasteiger partial charge is 0.254 e. The van der Waals surface area contributed by atoms with E-state index in [0.29, 0.717) is 39.7 Å². The van der Waals surface area contributed by atoms with Crippen LogP contribution in [0.1, 0.15) is 43.1 Å². The van der Waals surface area contributed by atoms with E-state index in [2.05, 4.69) is 39.1 Å². The summed E-state index contributed by atoms with van der Waals surface area (Å²) in [6.07, 6.45) is 7.60. The molecule has 2 aliphatic rings. The van der Waals surface area contributed by atoms with Gasteiger partial charge in [0.15, 0.2) is 0 Å². The van der Waals surface area contributed by atoms with Gasteiger partial charge in [-0.1, -0.05) is 11.6 Å². The first-order valence-electron chi connectivity index (χ1n) is 12.0. The van der Waals surface area contributed by atoms with Crippen LogP contribution in [0.2, 0.25) is 5.02 Å². The molecule has 1 aromatic carbocycles. The van der Waals surface area contributed by atoms with E-state index in [1.165, 1.54) is 6.42 Å². The Morgan fingerprint density at radius 3 is 2.86 bits per heavy atom. The maximum atomic E-state index is 13.2. The molecule has 3 aromatic rings. The fourth-order valence-corrected chi connectivity index (χ4v) is 4.98. The van der Waals surface area contributed by atoms with Crippen LogP contribution in [0.3, 0.4) is 0 Å². The van der Waals surface area contributed by atoms with E-state index in [1.807, 2.05) is 27.9 Å². The molecule has 0 saturated carbocycles. The van der Waals surface area contributed by atoms with Crippen LogP contribution in [0, 0.1) is 0 Å². The van der Waals surface area contributed by atoms with E-state index >= 15 is 0 Å². The number of rotatable bonds is 6. The number of aromatic nitrogens is 4. The number of methoxy groups -OCH3 is 1. The van der Waals surface area contributed by atoms with Crippen molar-refractivity contribution in [2.24, 2.45) is 0 Å². The van der Waals surface area contributed by atoms with Gasteiger partial charge in [-0.25, -0.2) is 9.97 Å². The highest BCUT2D eigenvalue weighted by molar-refractivity contribution is 6.32. The van der Waals surface area contributed by atoms with Gasteiger partial charge in [0.25, 0.3) is 5.91 Å². The molecule has 35 heavy (non-hydrogen) atoms. The van der Waals surface area contributed by atoms with Crippen molar-refractivity contribution in [1.29, 1.82) is 0 Å². The molecule has 0 spiro atoms. The van der Waals surface area contributed by atoms with Crippen LogP contribution < -0.4 is 10.1 Å². The number of ether oxygens (including phenoxy) is 1. The molecule has 10 heteroatoms. The number of nitrogens with one attached hydrogen (secondary N) is 1. The number of anilines is 2. The molecule has 4 heterocycles. The van der Waals surface area contributed by atoms with Gasteiger partial charge < -0.3 is 15.0 Å². The predicted molar refractivity (Wildman–Crippen MR) is 135 cm³/mol. The highest BCUT2D eigenvalue weighted by atomic mass is 35.5. The Kier molecular flexibility index (Phi) is 6.62. The molecule has 1 N–H and O–H groups in total. The lowest BCUT2D eigenvalue weighted by Crippen LogP contribution is -2.52. The number of piperazine rings is 1. The molecule has 2 aliphatic heterocycles. The fourth-order valence-electron chi connectivity index (χ4n) is 4.78. The summed E-state index contributed by atoms with van der Waals surface area (Å²) in [5.74, 6) is 0.952. The second kappa shape index (κ2) is 9.83. The third-order valence-electron chi connectivity index (χ3n) is 6.72. The molecule has 184 valence electrons. The first-order chi connectivity index (χ1) is 16.9. The van der Waals surface area contributed by atoms with Gasteiger partial charge in [0, 0.05) is 49.0 Å². The molecule has 0 radical (unpaired) electrons. The van der Waals surface area contributed by atoms with Crippen LogP contribution in [0.15, 0.2) is 36.8 Å². The zero-order valence-electron chi connectivity index (χ0n) is 20.2. The Morgan fingerprint density at radius 2 is 2.09 bits per heavy atom. The number of carbonyl (C=O) groups is 1. The Bertz CT molecular complexity index is 1230. The quantitative estimate of drug-likeness (QED) is 0.547. The molecule has 1 atom stereocenters. The van der Waals surface area contributed by atoms with Crippen molar-refractivity contribution >= 4 is 29.1 Å². The highest BCUT2D eigenvalue weighted by Gasteiger charge is 2.33. The van der Waals surface area contributed by atoms with E-state index in [1.54, 1.807) is 25.6 Å². The molecular formula is C25H30ClN7O2. The summed E-state index contributed by atoms with van der Waals surface area (Å²) < 4.78 is 7.45. The second-order valence-electron chi connectivity index (χ2n) is 9.32. The minimum Gasteiger partial charge on any atom is -0.495 e. The molecule has 0 aliphatic carbocycles. The summed E-state index contributed by atoms with van der Waals surface area (Å²) >= 11 is 6.38. The van der Waals surface area contributed by atoms with Crippen LogP contribution in [-0.4, -0.2) is 74.8 Å². The van der Waals surface area contributed by atoms with Crippen molar-refractivity contribution in [3.63, 3.8) is 0 Å². The summed E-state index contributed by atoms with van der Waals surface area (Å²) in [4.78, 5) is 26.6. The number of hydrogen-bond acceptors (Lipinski definition) is 7. The number of halogens is 1. The van der Waals surface area contributed by atoms with E-state index < -0.39 is 0 Å². The maximum absolute atomic E-state index is 13.2. The van der Waals surface area contributed by atoms with Crippen LogP contribution >= 0.6 is 11.6 Å². The van der Waals surface area contributed by atoms with E-state index in [4.69, 9.17) is 16.3 Å². The minimum atomic E-state index is 0.0357. The van der Waals surface area contributed by atoms with Gasteiger partial charge in [-0.3, -0.25) is 14.4 Å². The van der Waals surface area contributed by atoms with Gasteiger partial charge in [-0.15, -0.1) is 0 Å². The van der Waals surface area contributed by atoms with Crippen molar-refractivity contribution < 1.29 is 9.53 Å². The highest BCUT2D eigenvalue weighted by Crippen LogP contribution is 2.31. The van der Waals surface area contributed by atoms with Gasteiger partial charge in [0.1, 0.15) is 5.75 Å². The predicted octanol–water partition coefficient (Wildman–Crippen LogP) is 4.25. The van der Waals surface area contributed by atoms with E-state index in [9.17, 15) is 4.79 Å². The van der Waals surface area contributed by atoms with Gasteiger partial charge in [-0.2, -0.15) is 5.10 Å². The third-order valence-corrected chi connectivity index (χ3v) is 6.99. The van der Waals surface area contributed by atoms with Crippen molar-refractivity contribution in [3.05, 3.63) is 47.4 Å². The Balaban J connectivity index is 1.35. The van der Waals surface area contributed by atoms with Crippen LogP contribution in [0.4, 0.5) is 11.6 Å². The van der Waals surface area contributed by atoms with Crippen molar-refractivity contribution in [2.45, 2.75) is 38.8 Å². The van der Waals surface area contributed by atoms with Crippen molar-refractivity contribution in [2.75, 3.05) is 38.6 Å². The zero-order valence-corrected chi connectivity index (χ0v) is 21.0. The molecule has 5 rings (SSSR count). The number of fused-ring (bicyclic) bond motifs is 1.